The number of allylic oxidation sites excluding steroid dienone is 1. The Morgan fingerprint density at radius 1 is 0.329 bits per heavy atom. The van der Waals surface area contributed by atoms with Crippen LogP contribution in [0.3, 0.4) is 0 Å². The maximum atomic E-state index is 12.5. The minimum atomic E-state index is -0.843. The summed E-state index contributed by atoms with van der Waals surface area (Å²) in [7, 11) is 0. The van der Waals surface area contributed by atoms with Gasteiger partial charge in [-0.15, -0.1) is 0 Å². The largest absolute Gasteiger partial charge is 0.466 e. The van der Waals surface area contributed by atoms with E-state index >= 15 is 0 Å². The van der Waals surface area contributed by atoms with Crippen molar-refractivity contribution in [3.8, 4) is 0 Å². The standard InChI is InChI=1S/C76H149NO5/c1-3-5-7-9-11-13-15-17-19-20-21-22-29-32-35-38-41-44-48-52-56-60-64-68-74(79)73(72-78)77-75(80)69-65-61-57-53-49-45-42-39-36-33-30-27-25-23-24-26-28-31-34-37-40-43-47-51-55-59-63-67-71-82-76(81)70-66-62-58-54-50-46-18-16-14-12-10-8-6-4-2/h64,68,73-74,78-79H,3-63,65-67,69-72H2,1-2H3,(H,77,80)/b68-64+. The first-order chi connectivity index (χ1) is 40.5. The molecule has 0 saturated heterocycles. The number of aliphatic hydroxyl groups is 2. The van der Waals surface area contributed by atoms with Gasteiger partial charge in [0.2, 0.25) is 5.91 Å². The monoisotopic (exact) mass is 1160 g/mol. The Hall–Kier alpha value is -1.40. The van der Waals surface area contributed by atoms with Crippen LogP contribution in [-0.2, 0) is 14.3 Å². The van der Waals surface area contributed by atoms with Gasteiger partial charge in [-0.1, -0.05) is 405 Å². The average molecular weight is 1160 g/mol. The number of aliphatic hydroxyl groups excluding tert-OH is 2. The highest BCUT2D eigenvalue weighted by molar-refractivity contribution is 5.76. The highest BCUT2D eigenvalue weighted by atomic mass is 16.5. The van der Waals surface area contributed by atoms with Crippen molar-refractivity contribution in [1.82, 2.24) is 5.32 Å². The molecule has 82 heavy (non-hydrogen) atoms. The molecule has 0 saturated carbocycles. The van der Waals surface area contributed by atoms with Gasteiger partial charge in [0.05, 0.1) is 25.4 Å². The number of unbranched alkanes of at least 4 members (excludes halogenated alkanes) is 61. The molecule has 0 rings (SSSR count). The van der Waals surface area contributed by atoms with E-state index in [0.717, 1.165) is 38.5 Å². The molecule has 6 heteroatoms. The number of carbonyl (C=O) groups is 2. The van der Waals surface area contributed by atoms with E-state index in [0.29, 0.717) is 19.4 Å². The van der Waals surface area contributed by atoms with Gasteiger partial charge >= 0.3 is 5.97 Å². The molecule has 0 fully saturated rings. The Morgan fingerprint density at radius 3 is 0.829 bits per heavy atom. The van der Waals surface area contributed by atoms with Gasteiger partial charge in [0.25, 0.3) is 0 Å². The second-order valence-corrected chi connectivity index (χ2v) is 26.4. The van der Waals surface area contributed by atoms with E-state index in [1.807, 2.05) is 6.08 Å². The van der Waals surface area contributed by atoms with Crippen molar-refractivity contribution in [1.29, 1.82) is 0 Å². The summed E-state index contributed by atoms with van der Waals surface area (Å²) in [5.41, 5.74) is 0. The van der Waals surface area contributed by atoms with Gasteiger partial charge in [-0.2, -0.15) is 0 Å². The number of ether oxygens (including phenoxy) is 1. The molecule has 0 aromatic carbocycles. The van der Waals surface area contributed by atoms with E-state index in [1.165, 1.54) is 372 Å². The summed E-state index contributed by atoms with van der Waals surface area (Å²) in [6.07, 6.45) is 90.3. The predicted octanol–water partition coefficient (Wildman–Crippen LogP) is 24.7. The van der Waals surface area contributed by atoms with E-state index < -0.39 is 12.1 Å². The maximum absolute atomic E-state index is 12.5. The van der Waals surface area contributed by atoms with E-state index in [2.05, 4.69) is 19.2 Å². The van der Waals surface area contributed by atoms with E-state index in [1.54, 1.807) is 6.08 Å². The van der Waals surface area contributed by atoms with Crippen molar-refractivity contribution >= 4 is 11.9 Å². The third kappa shape index (κ3) is 67.7. The van der Waals surface area contributed by atoms with Gasteiger partial charge in [-0.05, 0) is 32.1 Å². The van der Waals surface area contributed by atoms with Crippen molar-refractivity contribution < 1.29 is 24.5 Å². The van der Waals surface area contributed by atoms with Crippen LogP contribution >= 0.6 is 0 Å². The van der Waals surface area contributed by atoms with E-state index in [4.69, 9.17) is 4.74 Å². The van der Waals surface area contributed by atoms with Crippen LogP contribution in [0.2, 0.25) is 0 Å². The number of carbonyl (C=O) groups excluding carboxylic acids is 2. The lowest BCUT2D eigenvalue weighted by atomic mass is 10.0. The fourth-order valence-electron chi connectivity index (χ4n) is 12.3. The molecule has 6 nitrogen and oxygen atoms in total. The summed E-state index contributed by atoms with van der Waals surface area (Å²) in [6, 6.07) is -0.626. The fourth-order valence-corrected chi connectivity index (χ4v) is 12.3. The first kappa shape index (κ1) is 80.6. The average Bonchev–Trinajstić information content (AvgIpc) is 3.48. The van der Waals surface area contributed by atoms with E-state index in [-0.39, 0.29) is 18.5 Å². The molecule has 3 N–H and O–H groups in total. The first-order valence-corrected chi connectivity index (χ1v) is 38.0. The molecule has 0 heterocycles. The minimum absolute atomic E-state index is 0.0219. The van der Waals surface area contributed by atoms with Gasteiger partial charge in [-0.3, -0.25) is 9.59 Å². The van der Waals surface area contributed by atoms with Crippen LogP contribution in [0.15, 0.2) is 12.2 Å². The van der Waals surface area contributed by atoms with Crippen LogP contribution in [0, 0.1) is 0 Å². The fraction of sp³-hybridized carbons (Fsp3) is 0.947. The Balaban J connectivity index is 3.36. The molecule has 0 aromatic heterocycles. The van der Waals surface area contributed by atoms with Crippen LogP contribution < -0.4 is 5.32 Å². The summed E-state index contributed by atoms with van der Waals surface area (Å²) in [5, 5.41) is 23.3. The van der Waals surface area contributed by atoms with Gasteiger partial charge < -0.3 is 20.3 Å². The van der Waals surface area contributed by atoms with Crippen molar-refractivity contribution in [2.45, 2.75) is 450 Å². The lowest BCUT2D eigenvalue weighted by molar-refractivity contribution is -0.143. The van der Waals surface area contributed by atoms with Gasteiger partial charge in [0.1, 0.15) is 0 Å². The van der Waals surface area contributed by atoms with Gasteiger partial charge in [0.15, 0.2) is 0 Å². The molecule has 1 amide bonds. The summed E-state index contributed by atoms with van der Waals surface area (Å²) < 4.78 is 5.50. The van der Waals surface area contributed by atoms with E-state index in [9.17, 15) is 19.8 Å². The molecule has 0 aliphatic carbocycles. The van der Waals surface area contributed by atoms with Crippen molar-refractivity contribution in [3.05, 3.63) is 12.2 Å². The number of amides is 1. The summed E-state index contributed by atoms with van der Waals surface area (Å²) in [4.78, 5) is 24.6. The molecule has 0 radical (unpaired) electrons. The molecule has 0 aromatic rings. The maximum Gasteiger partial charge on any atom is 0.305 e. The third-order valence-electron chi connectivity index (χ3n) is 18.1. The van der Waals surface area contributed by atoms with Crippen molar-refractivity contribution in [3.63, 3.8) is 0 Å². The Bertz CT molecular complexity index is 1240. The van der Waals surface area contributed by atoms with Crippen LogP contribution in [0.25, 0.3) is 0 Å². The Kier molecular flexibility index (Phi) is 70.8. The smallest absolute Gasteiger partial charge is 0.305 e. The SMILES string of the molecule is CCCCCCCCCCCCCCCCCCCCCCC/C=C/C(O)C(CO)NC(=O)CCCCCCCCCCCCCCCCCCCCCCCCCCCCCCOC(=O)CCCCCCCCCCCCCCCC. The third-order valence-corrected chi connectivity index (χ3v) is 18.1. The predicted molar refractivity (Wildman–Crippen MR) is 361 cm³/mol. The van der Waals surface area contributed by atoms with Crippen LogP contribution in [0.4, 0.5) is 0 Å². The molecule has 0 aliphatic heterocycles. The number of nitrogens with one attached hydrogen (secondary N) is 1. The van der Waals surface area contributed by atoms with Gasteiger partial charge in [-0.25, -0.2) is 0 Å². The molecule has 2 atom stereocenters. The van der Waals surface area contributed by atoms with Gasteiger partial charge in [0, 0.05) is 12.8 Å². The number of esters is 1. The molecule has 0 spiro atoms. The van der Waals surface area contributed by atoms with Crippen LogP contribution in [-0.4, -0.2) is 47.4 Å². The quantitative estimate of drug-likeness (QED) is 0.0320. The normalized spacial score (nSPS) is 12.5. The zero-order chi connectivity index (χ0) is 59.2. The molecular formula is C76H149NO5. The molecule has 2 unspecified atom stereocenters. The minimum Gasteiger partial charge on any atom is -0.466 e. The molecule has 0 bridgehead atoms. The lowest BCUT2D eigenvalue weighted by Crippen LogP contribution is -2.45. The molecule has 488 valence electrons. The summed E-state index contributed by atoms with van der Waals surface area (Å²) >= 11 is 0. The lowest BCUT2D eigenvalue weighted by Gasteiger charge is -2.20. The zero-order valence-corrected chi connectivity index (χ0v) is 56.0. The second-order valence-electron chi connectivity index (χ2n) is 26.4. The van der Waals surface area contributed by atoms with Crippen LogP contribution in [0.1, 0.15) is 438 Å². The summed E-state index contributed by atoms with van der Waals surface area (Å²) in [6.45, 7) is 4.96. The molecular weight excluding hydrogens is 1010 g/mol. The highest BCUT2D eigenvalue weighted by Gasteiger charge is 2.18. The zero-order valence-electron chi connectivity index (χ0n) is 56.0. The molecule has 0 aliphatic rings. The Morgan fingerprint density at radius 2 is 0.561 bits per heavy atom. The van der Waals surface area contributed by atoms with Crippen molar-refractivity contribution in [2.75, 3.05) is 13.2 Å². The Labute approximate surface area is 514 Å². The summed E-state index contributed by atoms with van der Waals surface area (Å²) in [5.74, 6) is -0.0375. The number of rotatable bonds is 72. The highest BCUT2D eigenvalue weighted by Crippen LogP contribution is 2.20. The number of hydrogen-bond acceptors (Lipinski definition) is 5. The van der Waals surface area contributed by atoms with Crippen molar-refractivity contribution in [2.24, 2.45) is 0 Å². The number of hydrogen-bond donors (Lipinski definition) is 3. The van der Waals surface area contributed by atoms with Crippen LogP contribution in [0.5, 0.6) is 0 Å². The topological polar surface area (TPSA) is 95.9 Å². The first-order valence-electron chi connectivity index (χ1n) is 38.0. The second kappa shape index (κ2) is 72.1.